The van der Waals surface area contributed by atoms with Crippen molar-refractivity contribution in [1.29, 1.82) is 0 Å². The molecule has 0 aliphatic carbocycles. The molecule has 3 rings (SSSR count). The van der Waals surface area contributed by atoms with E-state index in [4.69, 9.17) is 4.74 Å². The van der Waals surface area contributed by atoms with Crippen LogP contribution in [-0.2, 0) is 21.3 Å². The Bertz CT molecular complexity index is 555. The summed E-state index contributed by atoms with van der Waals surface area (Å²) in [6.07, 6.45) is 3.13. The number of sulfonamides is 1. The van der Waals surface area contributed by atoms with Crippen LogP contribution in [0.4, 0.5) is 0 Å². The van der Waals surface area contributed by atoms with Crippen molar-refractivity contribution in [3.05, 3.63) is 16.3 Å². The molecule has 2 bridgehead atoms. The Balaban J connectivity index is 1.77. The summed E-state index contributed by atoms with van der Waals surface area (Å²) in [6.45, 7) is 0.571. The van der Waals surface area contributed by atoms with Crippen LogP contribution >= 0.6 is 11.3 Å². The van der Waals surface area contributed by atoms with Gasteiger partial charge in [-0.05, 0) is 37.8 Å². The first-order chi connectivity index (χ1) is 9.10. The molecule has 1 aromatic heterocycles. The van der Waals surface area contributed by atoms with Crippen molar-refractivity contribution in [2.75, 3.05) is 7.05 Å². The number of hydrogen-bond acceptors (Lipinski definition) is 5. The molecule has 0 saturated carbocycles. The summed E-state index contributed by atoms with van der Waals surface area (Å²) in [5.41, 5.74) is 0. The third-order valence-electron chi connectivity index (χ3n) is 3.74. The van der Waals surface area contributed by atoms with Crippen molar-refractivity contribution < 1.29 is 13.2 Å². The van der Waals surface area contributed by atoms with E-state index < -0.39 is 10.0 Å². The van der Waals surface area contributed by atoms with Crippen molar-refractivity contribution in [1.82, 2.24) is 10.0 Å². The van der Waals surface area contributed by atoms with E-state index in [1.807, 2.05) is 12.4 Å². The van der Waals surface area contributed by atoms with Crippen molar-refractivity contribution in [2.45, 2.75) is 49.0 Å². The van der Waals surface area contributed by atoms with Gasteiger partial charge in [0.1, 0.15) is 0 Å². The van der Waals surface area contributed by atoms with Crippen LogP contribution in [0.2, 0.25) is 0 Å². The van der Waals surface area contributed by atoms with Gasteiger partial charge in [0.05, 0.1) is 23.1 Å². The molecular weight excluding hydrogens is 284 g/mol. The van der Waals surface area contributed by atoms with Crippen molar-refractivity contribution in [3.63, 3.8) is 0 Å². The predicted molar refractivity (Wildman–Crippen MR) is 73.7 cm³/mol. The Morgan fingerprint density at radius 3 is 2.95 bits per heavy atom. The van der Waals surface area contributed by atoms with Crippen molar-refractivity contribution >= 4 is 21.4 Å². The summed E-state index contributed by atoms with van der Waals surface area (Å²) in [4.78, 5) is 1.24. The number of fused-ring (bicyclic) bond motifs is 2. The van der Waals surface area contributed by atoms with Gasteiger partial charge < -0.3 is 10.1 Å². The molecule has 2 aliphatic rings. The fourth-order valence-electron chi connectivity index (χ4n) is 2.88. The van der Waals surface area contributed by atoms with Crippen LogP contribution in [0, 0.1) is 0 Å². The van der Waals surface area contributed by atoms with E-state index in [0.717, 1.165) is 24.1 Å². The maximum Gasteiger partial charge on any atom is 0.242 e. The number of thiophene rings is 1. The van der Waals surface area contributed by atoms with E-state index in [1.54, 1.807) is 6.07 Å². The van der Waals surface area contributed by atoms with Crippen molar-refractivity contribution in [2.24, 2.45) is 0 Å². The quantitative estimate of drug-likeness (QED) is 0.854. The van der Waals surface area contributed by atoms with Crippen LogP contribution in [-0.4, -0.2) is 33.7 Å². The Morgan fingerprint density at radius 2 is 2.32 bits per heavy atom. The van der Waals surface area contributed by atoms with Crippen LogP contribution in [0.3, 0.4) is 0 Å². The molecule has 2 saturated heterocycles. The minimum atomic E-state index is -3.44. The lowest BCUT2D eigenvalue weighted by Crippen LogP contribution is -2.41. The number of hydrogen-bond donors (Lipinski definition) is 2. The van der Waals surface area contributed by atoms with Crippen LogP contribution in [0.25, 0.3) is 0 Å². The maximum absolute atomic E-state index is 12.4. The molecule has 19 heavy (non-hydrogen) atoms. The highest BCUT2D eigenvalue weighted by molar-refractivity contribution is 7.89. The maximum atomic E-state index is 12.4. The van der Waals surface area contributed by atoms with Gasteiger partial charge in [-0.3, -0.25) is 0 Å². The molecule has 7 heteroatoms. The molecule has 5 nitrogen and oxygen atoms in total. The average Bonchev–Trinajstić information content (AvgIpc) is 3.03. The van der Waals surface area contributed by atoms with Gasteiger partial charge >= 0.3 is 0 Å². The molecule has 3 unspecified atom stereocenters. The van der Waals surface area contributed by atoms with Gasteiger partial charge in [0.2, 0.25) is 10.0 Å². The highest BCUT2D eigenvalue weighted by Gasteiger charge is 2.42. The summed E-state index contributed by atoms with van der Waals surface area (Å²) in [5.74, 6) is 0. The topological polar surface area (TPSA) is 67.4 Å². The first-order valence-electron chi connectivity index (χ1n) is 6.49. The second kappa shape index (κ2) is 5.14. The van der Waals surface area contributed by atoms with Crippen LogP contribution in [0.1, 0.15) is 24.1 Å². The third kappa shape index (κ3) is 2.57. The van der Waals surface area contributed by atoms with E-state index in [1.165, 1.54) is 11.3 Å². The minimum Gasteiger partial charge on any atom is -0.373 e. The van der Waals surface area contributed by atoms with Gasteiger partial charge in [0.15, 0.2) is 0 Å². The highest BCUT2D eigenvalue weighted by Crippen LogP contribution is 2.35. The number of nitrogens with one attached hydrogen (secondary N) is 2. The van der Waals surface area contributed by atoms with E-state index >= 15 is 0 Å². The largest absolute Gasteiger partial charge is 0.373 e. The molecule has 3 atom stereocenters. The smallest absolute Gasteiger partial charge is 0.242 e. The Morgan fingerprint density at radius 1 is 1.47 bits per heavy atom. The third-order valence-corrected chi connectivity index (χ3v) is 6.37. The van der Waals surface area contributed by atoms with Crippen LogP contribution < -0.4 is 10.0 Å². The highest BCUT2D eigenvalue weighted by atomic mass is 32.2. The molecule has 0 amide bonds. The van der Waals surface area contributed by atoms with Gasteiger partial charge in [-0.2, -0.15) is 0 Å². The monoisotopic (exact) mass is 302 g/mol. The molecule has 1 aromatic rings. The lowest BCUT2D eigenvalue weighted by Gasteiger charge is -2.20. The zero-order valence-corrected chi connectivity index (χ0v) is 12.4. The Hall–Kier alpha value is -0.470. The zero-order valence-electron chi connectivity index (χ0n) is 10.8. The van der Waals surface area contributed by atoms with Crippen molar-refractivity contribution in [3.8, 4) is 0 Å². The number of ether oxygens (including phenoxy) is 1. The van der Waals surface area contributed by atoms with E-state index in [9.17, 15) is 8.42 Å². The summed E-state index contributed by atoms with van der Waals surface area (Å²) < 4.78 is 33.4. The van der Waals surface area contributed by atoms with Gasteiger partial charge in [0, 0.05) is 11.4 Å². The molecule has 2 aliphatic heterocycles. The summed E-state index contributed by atoms with van der Waals surface area (Å²) in [7, 11) is -1.62. The van der Waals surface area contributed by atoms with E-state index in [0.29, 0.717) is 11.4 Å². The predicted octanol–water partition coefficient (Wildman–Crippen LogP) is 1.07. The molecular formula is C12H18N2O3S2. The lowest BCUT2D eigenvalue weighted by atomic mass is 9.96. The van der Waals surface area contributed by atoms with E-state index in [-0.39, 0.29) is 18.2 Å². The second-order valence-electron chi connectivity index (χ2n) is 5.08. The Kier molecular flexibility index (Phi) is 3.65. The zero-order chi connectivity index (χ0) is 13.5. The summed E-state index contributed by atoms with van der Waals surface area (Å²) >= 11 is 1.46. The van der Waals surface area contributed by atoms with Gasteiger partial charge in [-0.15, -0.1) is 11.3 Å². The molecule has 0 radical (unpaired) electrons. The number of rotatable bonds is 5. The van der Waals surface area contributed by atoms with Gasteiger partial charge in [-0.1, -0.05) is 0 Å². The fourth-order valence-corrected chi connectivity index (χ4v) is 5.61. The standard InChI is InChI=1S/C12H18N2O3S2/c1-13-7-11-12(4-5-18-11)19(15,16)14-9-6-8-2-3-10(9)17-8/h4-5,8-10,13-14H,2-3,6-7H2,1H3. The first kappa shape index (κ1) is 13.5. The second-order valence-corrected chi connectivity index (χ2v) is 7.76. The van der Waals surface area contributed by atoms with Gasteiger partial charge in [0.25, 0.3) is 0 Å². The molecule has 2 fully saturated rings. The van der Waals surface area contributed by atoms with Crippen LogP contribution in [0.5, 0.6) is 0 Å². The van der Waals surface area contributed by atoms with Gasteiger partial charge in [-0.25, -0.2) is 13.1 Å². The fraction of sp³-hybridized carbons (Fsp3) is 0.667. The normalized spacial score (nSPS) is 30.1. The molecule has 106 valence electrons. The first-order valence-corrected chi connectivity index (χ1v) is 8.85. The Labute approximate surface area is 117 Å². The molecule has 2 N–H and O–H groups in total. The molecule has 0 aromatic carbocycles. The SMILES string of the molecule is CNCc1sccc1S(=O)(=O)NC1CC2CCC1O2. The molecule has 0 spiro atoms. The minimum absolute atomic E-state index is 0.0613. The van der Waals surface area contributed by atoms with Crippen LogP contribution in [0.15, 0.2) is 16.3 Å². The lowest BCUT2D eigenvalue weighted by molar-refractivity contribution is 0.0996. The van der Waals surface area contributed by atoms with E-state index in [2.05, 4.69) is 10.0 Å². The average molecular weight is 302 g/mol. The summed E-state index contributed by atoms with van der Waals surface area (Å²) in [5, 5.41) is 4.81. The summed E-state index contributed by atoms with van der Waals surface area (Å²) in [6, 6.07) is 1.61. The molecule has 3 heterocycles.